The Morgan fingerprint density at radius 1 is 1.90 bits per heavy atom. The van der Waals surface area contributed by atoms with E-state index in [0.29, 0.717) is 0 Å². The van der Waals surface area contributed by atoms with Crippen molar-refractivity contribution in [2.75, 3.05) is 11.5 Å². The van der Waals surface area contributed by atoms with Gasteiger partial charge < -0.3 is 9.96 Å². The summed E-state index contributed by atoms with van der Waals surface area (Å²) in [6, 6.07) is -0.137. The second-order valence-corrected chi connectivity index (χ2v) is 2.92. The smallest absolute Gasteiger partial charge is 0.321 e. The molecule has 1 N–H and O–H groups in total. The summed E-state index contributed by atoms with van der Waals surface area (Å²) in [6.45, 7) is 0. The summed E-state index contributed by atoms with van der Waals surface area (Å²) in [5.74, 6) is -0.181. The minimum Gasteiger partial charge on any atom is -0.468 e. The monoisotopic (exact) mass is 255 g/mol. The van der Waals surface area contributed by atoms with Gasteiger partial charge >= 0.3 is 5.97 Å². The van der Waals surface area contributed by atoms with Crippen LogP contribution in [0.4, 0.5) is 0 Å². The van der Waals surface area contributed by atoms with Crippen LogP contribution >= 0.6 is 22.6 Å². The predicted molar refractivity (Wildman–Crippen MR) is 51.0 cm³/mol. The number of halogens is 1. The highest BCUT2D eigenvalue weighted by Gasteiger charge is 2.14. The van der Waals surface area contributed by atoms with Crippen molar-refractivity contribution in [2.45, 2.75) is 12.5 Å². The molecule has 0 heterocycles. The van der Waals surface area contributed by atoms with Gasteiger partial charge in [-0.15, -0.1) is 0 Å². The number of hydrogen-bond donors (Lipinski definition) is 1. The molecule has 0 aliphatic rings. The van der Waals surface area contributed by atoms with Gasteiger partial charge in [0.1, 0.15) is 0 Å². The molecule has 0 aliphatic heterocycles. The van der Waals surface area contributed by atoms with E-state index in [2.05, 4.69) is 32.6 Å². The van der Waals surface area contributed by atoms with Crippen LogP contribution in [-0.2, 0) is 9.53 Å². The van der Waals surface area contributed by atoms with Crippen LogP contribution in [0.15, 0.2) is 0 Å². The van der Waals surface area contributed by atoms with Gasteiger partial charge in [-0.05, 0) is 6.42 Å². The lowest BCUT2D eigenvalue weighted by atomic mass is 10.2. The Morgan fingerprint density at radius 2 is 2.50 bits per heavy atom. The van der Waals surface area contributed by atoms with E-state index in [9.17, 15) is 4.79 Å². The lowest BCUT2D eigenvalue weighted by Crippen LogP contribution is -2.36. The van der Waals surface area contributed by atoms with Crippen molar-refractivity contribution in [3.63, 3.8) is 0 Å². The van der Waals surface area contributed by atoms with Gasteiger partial charge in [0.05, 0.1) is 13.2 Å². The average Bonchev–Trinajstić information content (AvgIpc) is 1.99. The molecule has 0 aromatic heterocycles. The maximum Gasteiger partial charge on any atom is 0.321 e. The van der Waals surface area contributed by atoms with Crippen LogP contribution < -0.4 is 5.23 Å². The minimum atomic E-state index is -0.181. The van der Waals surface area contributed by atoms with Crippen LogP contribution in [0, 0.1) is 0 Å². The van der Waals surface area contributed by atoms with E-state index in [-0.39, 0.29) is 12.0 Å². The Kier molecular flexibility index (Phi) is 6.10. The molecule has 0 saturated carbocycles. The van der Waals surface area contributed by atoms with Crippen molar-refractivity contribution < 1.29 is 9.53 Å². The molecule has 0 saturated heterocycles. The second-order valence-electron chi connectivity index (χ2n) is 1.84. The quantitative estimate of drug-likeness (QED) is 0.318. The number of carbonyl (C=O) groups excluding carboxylic acids is 1. The molecule has 3 nitrogen and oxygen atoms in total. The standard InChI is InChI=1S/C5H11BINO2/c1-10-5(9)4(8-6)2-3-7/h4,8H,2-3,6H2,1H3. The van der Waals surface area contributed by atoms with E-state index in [1.807, 2.05) is 0 Å². The fraction of sp³-hybridized carbons (Fsp3) is 0.800. The maximum atomic E-state index is 10.8. The molecular weight excluding hydrogens is 244 g/mol. The number of carbonyl (C=O) groups is 1. The first-order valence-electron chi connectivity index (χ1n) is 3.07. The largest absolute Gasteiger partial charge is 0.468 e. The van der Waals surface area contributed by atoms with Gasteiger partial charge in [-0.25, -0.2) is 0 Å². The molecule has 5 heteroatoms. The molecule has 0 bridgehead atoms. The van der Waals surface area contributed by atoms with Crippen molar-refractivity contribution >= 4 is 36.5 Å². The lowest BCUT2D eigenvalue weighted by molar-refractivity contribution is -0.142. The zero-order chi connectivity index (χ0) is 7.98. The first-order valence-corrected chi connectivity index (χ1v) is 4.59. The maximum absolute atomic E-state index is 10.8. The van der Waals surface area contributed by atoms with Crippen LogP contribution in [-0.4, -0.2) is 31.5 Å². The Balaban J connectivity index is 3.68. The van der Waals surface area contributed by atoms with Gasteiger partial charge in [0, 0.05) is 4.43 Å². The van der Waals surface area contributed by atoms with E-state index >= 15 is 0 Å². The lowest BCUT2D eigenvalue weighted by Gasteiger charge is -2.11. The fourth-order valence-electron chi connectivity index (χ4n) is 0.631. The Hall–Kier alpha value is 0.225. The third-order valence-corrected chi connectivity index (χ3v) is 1.85. The summed E-state index contributed by atoms with van der Waals surface area (Å²) in [5.41, 5.74) is 0. The Labute approximate surface area is 75.5 Å². The highest BCUT2D eigenvalue weighted by molar-refractivity contribution is 14.1. The van der Waals surface area contributed by atoms with Crippen LogP contribution in [0.5, 0.6) is 0 Å². The molecule has 0 aromatic rings. The molecule has 1 unspecified atom stereocenters. The average molecular weight is 255 g/mol. The van der Waals surface area contributed by atoms with E-state index in [1.165, 1.54) is 7.11 Å². The molecule has 1 atom stereocenters. The molecule has 0 spiro atoms. The number of nitrogens with one attached hydrogen (secondary N) is 1. The van der Waals surface area contributed by atoms with Gasteiger partial charge in [0.15, 0.2) is 7.98 Å². The van der Waals surface area contributed by atoms with E-state index in [4.69, 9.17) is 0 Å². The molecule has 0 aromatic carbocycles. The number of ether oxygens (including phenoxy) is 1. The van der Waals surface area contributed by atoms with Crippen LogP contribution in [0.25, 0.3) is 0 Å². The van der Waals surface area contributed by atoms with Crippen LogP contribution in [0.1, 0.15) is 6.42 Å². The summed E-state index contributed by atoms with van der Waals surface area (Å²) < 4.78 is 5.51. The summed E-state index contributed by atoms with van der Waals surface area (Å²) in [4.78, 5) is 10.8. The first kappa shape index (κ1) is 10.2. The molecule has 0 amide bonds. The summed E-state index contributed by atoms with van der Waals surface area (Å²) >= 11 is 2.23. The number of methoxy groups -OCH3 is 1. The van der Waals surface area contributed by atoms with Gasteiger partial charge in [0.25, 0.3) is 0 Å². The normalized spacial score (nSPS) is 12.6. The van der Waals surface area contributed by atoms with Gasteiger partial charge in [-0.3, -0.25) is 4.79 Å². The van der Waals surface area contributed by atoms with Gasteiger partial charge in [0.2, 0.25) is 0 Å². The Morgan fingerprint density at radius 3 is 2.80 bits per heavy atom. The highest BCUT2D eigenvalue weighted by atomic mass is 127. The van der Waals surface area contributed by atoms with E-state index < -0.39 is 0 Å². The Bertz CT molecular complexity index is 112. The molecule has 0 rings (SSSR count). The SMILES string of the molecule is BNC(CCI)C(=O)OC. The van der Waals surface area contributed by atoms with Crippen molar-refractivity contribution in [2.24, 2.45) is 0 Å². The highest BCUT2D eigenvalue weighted by Crippen LogP contribution is 1.97. The molecule has 0 radical (unpaired) electrons. The van der Waals surface area contributed by atoms with Crippen molar-refractivity contribution in [1.82, 2.24) is 5.23 Å². The number of esters is 1. The molecular formula is C5H11BINO2. The topological polar surface area (TPSA) is 38.3 Å². The summed E-state index contributed by atoms with van der Waals surface area (Å²) in [5, 5.41) is 2.87. The van der Waals surface area contributed by atoms with Gasteiger partial charge in [-0.2, -0.15) is 0 Å². The van der Waals surface area contributed by atoms with E-state index in [1.54, 1.807) is 7.98 Å². The fourth-order valence-corrected chi connectivity index (χ4v) is 1.25. The van der Waals surface area contributed by atoms with Gasteiger partial charge in [-0.1, -0.05) is 22.6 Å². The molecule has 10 heavy (non-hydrogen) atoms. The summed E-state index contributed by atoms with van der Waals surface area (Å²) in [6.07, 6.45) is 0.823. The van der Waals surface area contributed by atoms with Crippen LogP contribution in [0.2, 0.25) is 0 Å². The van der Waals surface area contributed by atoms with Crippen LogP contribution in [0.3, 0.4) is 0 Å². The number of hydrogen-bond acceptors (Lipinski definition) is 3. The number of rotatable bonds is 4. The predicted octanol–water partition coefficient (Wildman–Crippen LogP) is -0.509. The van der Waals surface area contributed by atoms with Crippen molar-refractivity contribution in [1.29, 1.82) is 0 Å². The first-order chi connectivity index (χ1) is 4.76. The van der Waals surface area contributed by atoms with E-state index in [0.717, 1.165) is 10.8 Å². The third-order valence-electron chi connectivity index (χ3n) is 1.23. The zero-order valence-corrected chi connectivity index (χ0v) is 8.34. The summed E-state index contributed by atoms with van der Waals surface area (Å²) in [7, 11) is 3.16. The molecule has 58 valence electrons. The molecule has 0 aliphatic carbocycles. The van der Waals surface area contributed by atoms with Crippen molar-refractivity contribution in [3.8, 4) is 0 Å². The minimum absolute atomic E-state index is 0.137. The second kappa shape index (κ2) is 5.97. The molecule has 0 fully saturated rings. The third kappa shape index (κ3) is 3.41. The van der Waals surface area contributed by atoms with Crippen molar-refractivity contribution in [3.05, 3.63) is 0 Å². The zero-order valence-electron chi connectivity index (χ0n) is 6.19. The number of alkyl halides is 1.